The van der Waals surface area contributed by atoms with Crippen molar-refractivity contribution < 1.29 is 14.3 Å². The molecule has 0 aromatic carbocycles. The molecule has 0 bridgehead atoms. The average Bonchev–Trinajstić information content (AvgIpc) is 2.78. The van der Waals surface area contributed by atoms with Gasteiger partial charge in [-0.15, -0.1) is 0 Å². The monoisotopic (exact) mass is 253 g/mol. The highest BCUT2D eigenvalue weighted by molar-refractivity contribution is 5.84. The van der Waals surface area contributed by atoms with Crippen molar-refractivity contribution in [1.29, 1.82) is 0 Å². The van der Waals surface area contributed by atoms with E-state index in [1.54, 1.807) is 6.07 Å². The van der Waals surface area contributed by atoms with E-state index in [0.29, 0.717) is 17.8 Å². The number of carbonyl (C=O) groups is 1. The number of hydrogen-bond donors (Lipinski definition) is 1. The lowest BCUT2D eigenvalue weighted by Crippen LogP contribution is -2.37. The van der Waals surface area contributed by atoms with Crippen molar-refractivity contribution >= 4 is 11.9 Å². The van der Waals surface area contributed by atoms with Crippen molar-refractivity contribution in [2.24, 2.45) is 5.92 Å². The van der Waals surface area contributed by atoms with E-state index in [1.165, 1.54) is 6.07 Å². The smallest absolute Gasteiger partial charge is 0.371 e. The van der Waals surface area contributed by atoms with Gasteiger partial charge in [0.05, 0.1) is 0 Å². The van der Waals surface area contributed by atoms with Crippen LogP contribution in [0.4, 0.5) is 5.88 Å². The van der Waals surface area contributed by atoms with Gasteiger partial charge in [0.2, 0.25) is 5.76 Å². The largest absolute Gasteiger partial charge is 0.475 e. The van der Waals surface area contributed by atoms with Gasteiger partial charge < -0.3 is 14.4 Å². The Hall–Kier alpha value is -1.45. The summed E-state index contributed by atoms with van der Waals surface area (Å²) in [4.78, 5) is 13.0. The minimum atomic E-state index is -1.02. The van der Waals surface area contributed by atoms with Crippen LogP contribution in [0.2, 0.25) is 0 Å². The molecule has 0 fully saturated rings. The highest BCUT2D eigenvalue weighted by Gasteiger charge is 2.21. The Labute approximate surface area is 109 Å². The van der Waals surface area contributed by atoms with E-state index in [-0.39, 0.29) is 5.76 Å². The molecule has 0 radical (unpaired) electrons. The molecule has 0 amide bonds. The van der Waals surface area contributed by atoms with Crippen LogP contribution in [0.5, 0.6) is 0 Å². The van der Waals surface area contributed by atoms with Crippen LogP contribution < -0.4 is 4.90 Å². The Morgan fingerprint density at radius 1 is 1.33 bits per heavy atom. The summed E-state index contributed by atoms with van der Waals surface area (Å²) < 4.78 is 5.42. The van der Waals surface area contributed by atoms with E-state index >= 15 is 0 Å². The molecule has 1 aromatic rings. The molecule has 1 aromatic heterocycles. The number of carboxylic acids is 1. The van der Waals surface area contributed by atoms with E-state index in [9.17, 15) is 4.79 Å². The van der Waals surface area contributed by atoms with Gasteiger partial charge in [0.1, 0.15) is 0 Å². The molecule has 0 aliphatic rings. The molecule has 102 valence electrons. The van der Waals surface area contributed by atoms with Gasteiger partial charge in [0, 0.05) is 18.7 Å². The SMILES string of the molecule is CCC(CC)N(CC(C)C)c1ccc(C(=O)O)o1. The van der Waals surface area contributed by atoms with Crippen molar-refractivity contribution in [2.45, 2.75) is 46.6 Å². The summed E-state index contributed by atoms with van der Waals surface area (Å²) >= 11 is 0. The van der Waals surface area contributed by atoms with Crippen LogP contribution >= 0.6 is 0 Å². The second-order valence-corrected chi connectivity index (χ2v) is 4.96. The van der Waals surface area contributed by atoms with E-state index in [0.717, 1.165) is 19.4 Å². The van der Waals surface area contributed by atoms with Crippen molar-refractivity contribution in [2.75, 3.05) is 11.4 Å². The zero-order valence-corrected chi connectivity index (χ0v) is 11.6. The normalized spacial score (nSPS) is 11.2. The lowest BCUT2D eigenvalue weighted by molar-refractivity contribution is 0.0663. The first kappa shape index (κ1) is 14.6. The van der Waals surface area contributed by atoms with Gasteiger partial charge in [0.25, 0.3) is 0 Å². The van der Waals surface area contributed by atoms with Gasteiger partial charge in [-0.1, -0.05) is 27.7 Å². The number of anilines is 1. The first-order chi connectivity index (χ1) is 8.49. The molecule has 0 saturated heterocycles. The molecule has 0 unspecified atom stereocenters. The predicted octanol–water partition coefficient (Wildman–Crippen LogP) is 3.63. The second kappa shape index (κ2) is 6.47. The minimum absolute atomic E-state index is 0.00436. The molecule has 0 saturated carbocycles. The number of nitrogens with zero attached hydrogens (tertiary/aromatic N) is 1. The van der Waals surface area contributed by atoms with Crippen LogP contribution in [0.15, 0.2) is 16.5 Å². The number of rotatable bonds is 7. The standard InChI is InChI=1S/C14H23NO3/c1-5-11(6-2)15(9-10(3)4)13-8-7-12(18-13)14(16)17/h7-8,10-11H,5-6,9H2,1-4H3,(H,16,17). The molecule has 0 spiro atoms. The Morgan fingerprint density at radius 3 is 2.33 bits per heavy atom. The van der Waals surface area contributed by atoms with Crippen molar-refractivity contribution in [1.82, 2.24) is 0 Å². The highest BCUT2D eigenvalue weighted by atomic mass is 16.4. The maximum absolute atomic E-state index is 10.9. The van der Waals surface area contributed by atoms with Crippen LogP contribution in [0.1, 0.15) is 51.1 Å². The summed E-state index contributed by atoms with van der Waals surface area (Å²) in [6, 6.07) is 3.66. The molecular weight excluding hydrogens is 230 g/mol. The van der Waals surface area contributed by atoms with Gasteiger partial charge in [-0.3, -0.25) is 0 Å². The van der Waals surface area contributed by atoms with Crippen LogP contribution in [0, 0.1) is 5.92 Å². The third kappa shape index (κ3) is 3.52. The van der Waals surface area contributed by atoms with Crippen LogP contribution in [0.25, 0.3) is 0 Å². The molecule has 4 heteroatoms. The molecule has 1 rings (SSSR count). The van der Waals surface area contributed by atoms with Crippen molar-refractivity contribution in [3.8, 4) is 0 Å². The first-order valence-electron chi connectivity index (χ1n) is 6.59. The topological polar surface area (TPSA) is 53.7 Å². The third-order valence-corrected chi connectivity index (χ3v) is 3.03. The molecule has 1 N–H and O–H groups in total. The van der Waals surface area contributed by atoms with Gasteiger partial charge in [-0.25, -0.2) is 4.79 Å². The number of carboxylic acid groups (broad SMARTS) is 1. The fraction of sp³-hybridized carbons (Fsp3) is 0.643. The Morgan fingerprint density at radius 2 is 1.94 bits per heavy atom. The predicted molar refractivity (Wildman–Crippen MR) is 72.2 cm³/mol. The maximum atomic E-state index is 10.9. The van der Waals surface area contributed by atoms with Gasteiger partial charge in [0.15, 0.2) is 5.88 Å². The Bertz CT molecular complexity index is 380. The van der Waals surface area contributed by atoms with Crippen molar-refractivity contribution in [3.05, 3.63) is 17.9 Å². The fourth-order valence-electron chi connectivity index (χ4n) is 2.14. The van der Waals surface area contributed by atoms with Crippen molar-refractivity contribution in [3.63, 3.8) is 0 Å². The Kier molecular flexibility index (Phi) is 5.25. The molecule has 18 heavy (non-hydrogen) atoms. The van der Waals surface area contributed by atoms with E-state index in [4.69, 9.17) is 9.52 Å². The second-order valence-electron chi connectivity index (χ2n) is 4.96. The minimum Gasteiger partial charge on any atom is -0.475 e. The van der Waals surface area contributed by atoms with Gasteiger partial charge >= 0.3 is 5.97 Å². The first-order valence-corrected chi connectivity index (χ1v) is 6.59. The summed E-state index contributed by atoms with van der Waals surface area (Å²) in [5.74, 6) is 0.152. The number of hydrogen-bond acceptors (Lipinski definition) is 3. The summed E-state index contributed by atoms with van der Waals surface area (Å²) in [7, 11) is 0. The van der Waals surface area contributed by atoms with E-state index < -0.39 is 5.97 Å². The zero-order chi connectivity index (χ0) is 13.7. The quantitative estimate of drug-likeness (QED) is 0.806. The lowest BCUT2D eigenvalue weighted by atomic mass is 10.1. The van der Waals surface area contributed by atoms with Crippen LogP contribution in [-0.4, -0.2) is 23.7 Å². The highest BCUT2D eigenvalue weighted by Crippen LogP contribution is 2.24. The maximum Gasteiger partial charge on any atom is 0.371 e. The fourth-order valence-corrected chi connectivity index (χ4v) is 2.14. The van der Waals surface area contributed by atoms with E-state index in [2.05, 4.69) is 32.6 Å². The summed E-state index contributed by atoms with van der Waals surface area (Å²) in [5.41, 5.74) is 0. The molecular formula is C14H23NO3. The zero-order valence-electron chi connectivity index (χ0n) is 11.6. The van der Waals surface area contributed by atoms with Crippen LogP contribution in [-0.2, 0) is 0 Å². The lowest BCUT2D eigenvalue weighted by Gasteiger charge is -2.31. The third-order valence-electron chi connectivity index (χ3n) is 3.03. The van der Waals surface area contributed by atoms with Gasteiger partial charge in [-0.2, -0.15) is 0 Å². The number of furan rings is 1. The molecule has 4 nitrogen and oxygen atoms in total. The average molecular weight is 253 g/mol. The molecule has 0 aliphatic heterocycles. The van der Waals surface area contributed by atoms with E-state index in [1.807, 2.05) is 0 Å². The Balaban J connectivity index is 2.96. The van der Waals surface area contributed by atoms with Crippen LogP contribution in [0.3, 0.4) is 0 Å². The summed E-state index contributed by atoms with van der Waals surface area (Å²) in [6.07, 6.45) is 2.04. The molecule has 0 aliphatic carbocycles. The number of aromatic carboxylic acids is 1. The summed E-state index contributed by atoms with van der Waals surface area (Å²) in [5, 5.41) is 8.90. The van der Waals surface area contributed by atoms with Gasteiger partial charge in [-0.05, 0) is 24.8 Å². The summed E-state index contributed by atoms with van der Waals surface area (Å²) in [6.45, 7) is 9.46. The molecule has 0 atom stereocenters. The molecule has 1 heterocycles.